The second kappa shape index (κ2) is 8.84. The van der Waals surface area contributed by atoms with Crippen LogP contribution in [-0.4, -0.2) is 48.4 Å². The van der Waals surface area contributed by atoms with Crippen LogP contribution in [0.25, 0.3) is 10.2 Å². The second-order valence-corrected chi connectivity index (χ2v) is 7.01. The first-order valence-corrected chi connectivity index (χ1v) is 9.42. The van der Waals surface area contributed by atoms with Gasteiger partial charge in [-0.3, -0.25) is 9.79 Å². The zero-order valence-corrected chi connectivity index (χ0v) is 14.8. The average molecular weight is 365 g/mol. The fourth-order valence-electron chi connectivity index (χ4n) is 2.29. The summed E-state index contributed by atoms with van der Waals surface area (Å²) < 4.78 is 12.1. The molecule has 8 heteroatoms. The summed E-state index contributed by atoms with van der Waals surface area (Å²) in [5, 5.41) is 3.66. The molecular weight excluding hydrogens is 341 g/mol. The smallest absolute Gasteiger partial charge is 0.212 e. The van der Waals surface area contributed by atoms with E-state index in [9.17, 15) is 9.18 Å². The number of piperidine rings is 1. The number of amides is 1. The van der Waals surface area contributed by atoms with E-state index in [2.05, 4.69) is 25.2 Å². The molecule has 1 N–H and O–H groups in total. The average Bonchev–Trinajstić information content (AvgIpc) is 3.58. The molecule has 0 bridgehead atoms. The number of hydrogen-bond donors (Lipinski definition) is 1. The first-order valence-electron chi connectivity index (χ1n) is 8.61. The van der Waals surface area contributed by atoms with E-state index in [-0.39, 0.29) is 1.43 Å². The molecule has 1 saturated heterocycles. The van der Waals surface area contributed by atoms with Crippen LogP contribution in [0.15, 0.2) is 17.3 Å². The predicted molar refractivity (Wildman–Crippen MR) is 103 cm³/mol. The predicted octanol–water partition coefficient (Wildman–Crippen LogP) is 3.69. The van der Waals surface area contributed by atoms with Gasteiger partial charge in [0.2, 0.25) is 6.41 Å². The molecule has 2 aromatic heterocycles. The van der Waals surface area contributed by atoms with E-state index in [0.29, 0.717) is 12.2 Å². The summed E-state index contributed by atoms with van der Waals surface area (Å²) in [5.41, 5.74) is 0.903. The Morgan fingerprint density at radius 3 is 2.56 bits per heavy atom. The van der Waals surface area contributed by atoms with Gasteiger partial charge in [0.15, 0.2) is 10.9 Å². The van der Waals surface area contributed by atoms with Gasteiger partial charge >= 0.3 is 0 Å². The molecule has 0 unspecified atom stereocenters. The van der Waals surface area contributed by atoms with Crippen LogP contribution in [0.4, 0.5) is 15.3 Å². The molecular formula is C17H24FN5OS. The second-order valence-electron chi connectivity index (χ2n) is 6.04. The third-order valence-corrected chi connectivity index (χ3v) is 4.94. The Hall–Kier alpha value is -2.09. The van der Waals surface area contributed by atoms with Crippen LogP contribution in [0.1, 0.15) is 33.5 Å². The summed E-state index contributed by atoms with van der Waals surface area (Å²) in [6.07, 6.45) is 9.19. The Labute approximate surface area is 151 Å². The number of nitrogens with one attached hydrogen (secondary N) is 1. The minimum absolute atomic E-state index is 0. The van der Waals surface area contributed by atoms with Gasteiger partial charge in [-0.15, -0.1) is 0 Å². The molecule has 5 rings (SSSR count). The fraction of sp³-hybridized carbons (Fsp3) is 0.529. The summed E-state index contributed by atoms with van der Waals surface area (Å²) in [7, 11) is 0. The lowest BCUT2D eigenvalue weighted by atomic mass is 10.1. The molecule has 0 radical (unpaired) electrons. The van der Waals surface area contributed by atoms with Crippen molar-refractivity contribution in [3.63, 3.8) is 0 Å². The van der Waals surface area contributed by atoms with Gasteiger partial charge in [0.1, 0.15) is 6.17 Å². The number of pyridine rings is 1. The minimum atomic E-state index is -0.417. The van der Waals surface area contributed by atoms with Crippen molar-refractivity contribution in [1.82, 2.24) is 9.97 Å². The maximum atomic E-state index is 11.1. The van der Waals surface area contributed by atoms with Crippen molar-refractivity contribution in [3.8, 4) is 0 Å². The van der Waals surface area contributed by atoms with Crippen molar-refractivity contribution in [2.24, 2.45) is 4.99 Å². The Morgan fingerprint density at radius 1 is 1.32 bits per heavy atom. The van der Waals surface area contributed by atoms with Gasteiger partial charge < -0.3 is 10.2 Å². The lowest BCUT2D eigenvalue weighted by Gasteiger charge is -2.25. The van der Waals surface area contributed by atoms with Gasteiger partial charge in [0, 0.05) is 26.9 Å². The SMILES string of the molecule is C1=NC1.FC1CC1.O=CNc1nccc2nc(N3CCCCC3)sc12.[HH]. The van der Waals surface area contributed by atoms with Crippen molar-refractivity contribution in [3.05, 3.63) is 12.3 Å². The zero-order chi connectivity index (χ0) is 17.5. The molecule has 1 amide bonds. The third kappa shape index (κ3) is 5.74. The molecule has 2 fully saturated rings. The molecule has 1 aliphatic carbocycles. The molecule has 6 nitrogen and oxygen atoms in total. The third-order valence-electron chi connectivity index (χ3n) is 3.80. The van der Waals surface area contributed by atoms with Crippen molar-refractivity contribution >= 4 is 45.1 Å². The van der Waals surface area contributed by atoms with Gasteiger partial charge in [-0.05, 0) is 38.2 Å². The Morgan fingerprint density at radius 2 is 2.00 bits per heavy atom. The highest BCUT2D eigenvalue weighted by Crippen LogP contribution is 2.33. The molecule has 136 valence electrons. The summed E-state index contributed by atoms with van der Waals surface area (Å²) in [6.45, 7) is 3.15. The molecule has 0 spiro atoms. The molecule has 1 saturated carbocycles. The van der Waals surface area contributed by atoms with E-state index in [1.54, 1.807) is 17.5 Å². The van der Waals surface area contributed by atoms with Crippen LogP contribution in [0.3, 0.4) is 0 Å². The van der Waals surface area contributed by atoms with Crippen LogP contribution in [-0.2, 0) is 4.79 Å². The van der Waals surface area contributed by atoms with Crippen molar-refractivity contribution in [2.75, 3.05) is 29.9 Å². The lowest BCUT2D eigenvalue weighted by molar-refractivity contribution is -0.105. The van der Waals surface area contributed by atoms with E-state index in [0.717, 1.165) is 47.8 Å². The number of hydrogen-bond acceptors (Lipinski definition) is 6. The van der Waals surface area contributed by atoms with E-state index >= 15 is 0 Å². The fourth-order valence-corrected chi connectivity index (χ4v) is 3.35. The monoisotopic (exact) mass is 365 g/mol. The van der Waals surface area contributed by atoms with Gasteiger partial charge in [0.05, 0.1) is 16.8 Å². The molecule has 3 aliphatic rings. The topological polar surface area (TPSA) is 70.5 Å². The maximum absolute atomic E-state index is 11.1. The molecule has 25 heavy (non-hydrogen) atoms. The number of nitrogens with zero attached hydrogens (tertiary/aromatic N) is 4. The van der Waals surface area contributed by atoms with Gasteiger partial charge in [-0.25, -0.2) is 14.4 Å². The van der Waals surface area contributed by atoms with Crippen LogP contribution < -0.4 is 10.2 Å². The molecule has 0 atom stereocenters. The van der Waals surface area contributed by atoms with Crippen molar-refractivity contribution < 1.29 is 10.6 Å². The lowest BCUT2D eigenvalue weighted by Crippen LogP contribution is -2.29. The van der Waals surface area contributed by atoms with Crippen LogP contribution in [0.2, 0.25) is 0 Å². The Balaban J connectivity index is 0.000000253. The molecule has 2 aromatic rings. The highest BCUT2D eigenvalue weighted by atomic mass is 32.1. The Kier molecular flexibility index (Phi) is 6.27. The van der Waals surface area contributed by atoms with Crippen molar-refractivity contribution in [1.29, 1.82) is 0 Å². The number of aliphatic imine (C=N–C) groups is 1. The van der Waals surface area contributed by atoms with Crippen LogP contribution in [0.5, 0.6) is 0 Å². The number of thiazole rings is 1. The zero-order valence-electron chi connectivity index (χ0n) is 14.0. The number of carbonyl (C=O) groups excluding carboxylic acids is 1. The number of alkyl halides is 1. The van der Waals surface area contributed by atoms with Gasteiger partial charge in [-0.1, -0.05) is 11.3 Å². The molecule has 0 aromatic carbocycles. The summed E-state index contributed by atoms with van der Waals surface area (Å²) in [4.78, 5) is 25.3. The largest absolute Gasteiger partial charge is 0.348 e. The highest BCUT2D eigenvalue weighted by Gasteiger charge is 2.18. The standard InChI is InChI=1S/C12H14N4OS.C3H5F.C2H3N.H2/c17-8-14-11-10-9(4-5-13-11)15-12(18-10)16-6-2-1-3-7-16;4-3-1-2-3;1-2-3-1;/h4-5,8H,1-3,6-7H2,(H,13,14,17);3H,1-2H2;1H,2H2;1H. The van der Waals surface area contributed by atoms with Crippen molar-refractivity contribution in [2.45, 2.75) is 38.3 Å². The number of halogens is 1. The summed E-state index contributed by atoms with van der Waals surface area (Å²) >= 11 is 1.60. The normalized spacial score (nSPS) is 17.9. The number of rotatable bonds is 3. The number of anilines is 2. The molecule has 4 heterocycles. The number of carbonyl (C=O) groups is 1. The van der Waals surface area contributed by atoms with E-state index < -0.39 is 6.17 Å². The molecule has 2 aliphatic heterocycles. The van der Waals surface area contributed by atoms with Gasteiger partial charge in [0.25, 0.3) is 0 Å². The van der Waals surface area contributed by atoms with E-state index in [1.165, 1.54) is 19.3 Å². The summed E-state index contributed by atoms with van der Waals surface area (Å²) in [6, 6.07) is 1.88. The number of fused-ring (bicyclic) bond motifs is 1. The van der Waals surface area contributed by atoms with E-state index in [4.69, 9.17) is 0 Å². The first-order chi connectivity index (χ1) is 12.3. The van der Waals surface area contributed by atoms with Gasteiger partial charge in [-0.2, -0.15) is 0 Å². The minimum Gasteiger partial charge on any atom is -0.348 e. The summed E-state index contributed by atoms with van der Waals surface area (Å²) in [5.74, 6) is 0.600. The Bertz CT molecular complexity index is 727. The first kappa shape index (κ1) is 17.7. The van der Waals surface area contributed by atoms with E-state index in [1.807, 2.05) is 12.3 Å². The van der Waals surface area contributed by atoms with Crippen LogP contribution in [0, 0.1) is 0 Å². The van der Waals surface area contributed by atoms with Crippen LogP contribution >= 0.6 is 11.3 Å². The maximum Gasteiger partial charge on any atom is 0.212 e. The number of aromatic nitrogens is 2. The quantitative estimate of drug-likeness (QED) is 0.842. The highest BCUT2D eigenvalue weighted by molar-refractivity contribution is 7.22.